The Morgan fingerprint density at radius 1 is 1.22 bits per heavy atom. The van der Waals surface area contributed by atoms with Gasteiger partial charge in [0.2, 0.25) is 0 Å². The number of ether oxygens (including phenoxy) is 1. The van der Waals surface area contributed by atoms with Crippen molar-refractivity contribution in [3.63, 3.8) is 0 Å². The Bertz CT molecular complexity index is 427. The number of nitrogens with zero attached hydrogens (tertiary/aromatic N) is 1. The highest BCUT2D eigenvalue weighted by Crippen LogP contribution is 2.13. The van der Waals surface area contributed by atoms with Crippen LogP contribution in [-0.4, -0.2) is 58.6 Å². The number of hydrogen-bond acceptors (Lipinski definition) is 8. The highest BCUT2D eigenvalue weighted by atomic mass is 19.4. The maximum Gasteiger partial charge on any atom is 0.490 e. The molecule has 0 heterocycles. The van der Waals surface area contributed by atoms with E-state index in [0.717, 1.165) is 0 Å². The summed E-state index contributed by atoms with van der Waals surface area (Å²) in [6, 6.07) is -1.12. The summed E-state index contributed by atoms with van der Waals surface area (Å²) in [6.45, 7) is -0.619. The zero-order chi connectivity index (χ0) is 18.6. The molecule has 0 spiro atoms. The predicted octanol–water partition coefficient (Wildman–Crippen LogP) is -0.437. The summed E-state index contributed by atoms with van der Waals surface area (Å²) in [5, 5.41) is 24.2. The molecule has 0 unspecified atom stereocenters. The molecule has 0 aliphatic heterocycles. The fourth-order valence-electron chi connectivity index (χ4n) is 0.736. The molecule has 1 atom stereocenters. The van der Waals surface area contributed by atoms with Crippen LogP contribution in [0, 0.1) is 10.1 Å². The van der Waals surface area contributed by atoms with E-state index >= 15 is 0 Å². The largest absolute Gasteiger partial charge is 0.490 e. The minimum absolute atomic E-state index is 0.0513. The second-order valence-corrected chi connectivity index (χ2v) is 3.56. The van der Waals surface area contributed by atoms with Crippen molar-refractivity contribution in [2.75, 3.05) is 13.2 Å². The van der Waals surface area contributed by atoms with Crippen LogP contribution in [0.2, 0.25) is 0 Å². The van der Waals surface area contributed by atoms with Crippen LogP contribution >= 0.6 is 0 Å². The van der Waals surface area contributed by atoms with Crippen molar-refractivity contribution in [3.05, 3.63) is 10.1 Å². The van der Waals surface area contributed by atoms with E-state index in [0.29, 0.717) is 0 Å². The van der Waals surface area contributed by atoms with E-state index in [1.165, 1.54) is 0 Å². The molecular weight excluding hydrogens is 337 g/mol. The van der Waals surface area contributed by atoms with Gasteiger partial charge < -0.3 is 25.5 Å². The molecule has 0 saturated carbocycles. The normalized spacial score (nSPS) is 11.5. The molecule has 0 bridgehead atoms. The van der Waals surface area contributed by atoms with Gasteiger partial charge in [-0.2, -0.15) is 13.2 Å². The van der Waals surface area contributed by atoms with Crippen LogP contribution in [0.3, 0.4) is 0 Å². The molecule has 0 aliphatic rings. The number of aliphatic carboxylic acids is 2. The fraction of sp³-hybridized carbons (Fsp3) is 0.667. The van der Waals surface area contributed by atoms with Gasteiger partial charge in [0.1, 0.15) is 19.3 Å². The van der Waals surface area contributed by atoms with E-state index in [9.17, 15) is 32.9 Å². The van der Waals surface area contributed by atoms with E-state index in [2.05, 4.69) is 9.57 Å². The van der Waals surface area contributed by atoms with Crippen molar-refractivity contribution in [1.82, 2.24) is 0 Å². The van der Waals surface area contributed by atoms with Crippen LogP contribution in [-0.2, 0) is 24.0 Å². The molecular formula is C9H13F3N2O9. The van der Waals surface area contributed by atoms with E-state index < -0.39 is 35.2 Å². The van der Waals surface area contributed by atoms with E-state index in [-0.39, 0.29) is 26.1 Å². The molecule has 0 saturated heterocycles. The first-order valence-electron chi connectivity index (χ1n) is 5.59. The lowest BCUT2D eigenvalue weighted by molar-refractivity contribution is -0.757. The molecule has 14 heteroatoms. The highest BCUT2D eigenvalue weighted by molar-refractivity contribution is 5.75. The van der Waals surface area contributed by atoms with E-state index in [4.69, 9.17) is 20.7 Å². The Morgan fingerprint density at radius 2 is 1.70 bits per heavy atom. The lowest BCUT2D eigenvalue weighted by atomic mass is 10.2. The first-order chi connectivity index (χ1) is 10.4. The van der Waals surface area contributed by atoms with Crippen LogP contribution in [0.5, 0.6) is 0 Å². The number of rotatable bonds is 8. The zero-order valence-corrected chi connectivity index (χ0v) is 11.3. The summed E-state index contributed by atoms with van der Waals surface area (Å²) in [4.78, 5) is 43.7. The molecule has 23 heavy (non-hydrogen) atoms. The Labute approximate surface area is 125 Å². The van der Waals surface area contributed by atoms with Gasteiger partial charge in [-0.25, -0.2) is 4.79 Å². The number of alkyl halides is 3. The van der Waals surface area contributed by atoms with E-state index in [1.54, 1.807) is 0 Å². The van der Waals surface area contributed by atoms with Crippen molar-refractivity contribution in [1.29, 1.82) is 0 Å². The van der Waals surface area contributed by atoms with Crippen molar-refractivity contribution < 1.29 is 52.4 Å². The molecule has 0 aliphatic carbocycles. The Morgan fingerprint density at radius 3 is 2.04 bits per heavy atom. The van der Waals surface area contributed by atoms with Gasteiger partial charge in [0.15, 0.2) is 0 Å². The van der Waals surface area contributed by atoms with Crippen molar-refractivity contribution >= 4 is 17.9 Å². The highest BCUT2D eigenvalue weighted by Gasteiger charge is 2.38. The monoisotopic (exact) mass is 350 g/mol. The lowest BCUT2D eigenvalue weighted by Crippen LogP contribution is -2.30. The second-order valence-electron chi connectivity index (χ2n) is 3.56. The minimum atomic E-state index is -5.08. The van der Waals surface area contributed by atoms with Gasteiger partial charge in [-0.05, 0) is 6.42 Å². The van der Waals surface area contributed by atoms with Crippen molar-refractivity contribution in [2.45, 2.75) is 25.1 Å². The van der Waals surface area contributed by atoms with Gasteiger partial charge in [-0.3, -0.25) is 9.59 Å². The van der Waals surface area contributed by atoms with Gasteiger partial charge in [0.25, 0.3) is 5.09 Å². The number of nitrogens with two attached hydrogens (primary N) is 1. The number of hydrogen-bond donors (Lipinski definition) is 3. The van der Waals surface area contributed by atoms with Gasteiger partial charge in [0, 0.05) is 6.42 Å². The maximum absolute atomic E-state index is 10.9. The Kier molecular flexibility index (Phi) is 10.8. The standard InChI is InChI=1S/C7H12N2O7.C2HF3O2/c8-5(7(11)12)1-2-6(10)15-3-4-16-9(13)14;3-2(4,5)1(6)7/h5H,1-4,8H2,(H,11,12);(H,6,7)/t5-;/m0./s1. The predicted molar refractivity (Wildman–Crippen MR) is 62.4 cm³/mol. The maximum atomic E-state index is 10.9. The first kappa shape index (κ1) is 22.6. The van der Waals surface area contributed by atoms with Gasteiger partial charge >= 0.3 is 24.1 Å². The molecule has 0 radical (unpaired) electrons. The summed E-state index contributed by atoms with van der Waals surface area (Å²) in [5.41, 5.74) is 5.14. The molecule has 134 valence electrons. The number of carbonyl (C=O) groups excluding carboxylic acids is 1. The number of carbonyl (C=O) groups is 3. The van der Waals surface area contributed by atoms with Crippen LogP contribution in [0.4, 0.5) is 13.2 Å². The van der Waals surface area contributed by atoms with Crippen molar-refractivity contribution in [3.8, 4) is 0 Å². The average molecular weight is 350 g/mol. The number of esters is 1. The summed E-state index contributed by atoms with van der Waals surface area (Å²) >= 11 is 0. The molecule has 0 amide bonds. The Balaban J connectivity index is 0. The van der Waals surface area contributed by atoms with Crippen LogP contribution in [0.1, 0.15) is 12.8 Å². The van der Waals surface area contributed by atoms with Crippen molar-refractivity contribution in [2.24, 2.45) is 5.73 Å². The summed E-state index contributed by atoms with van der Waals surface area (Å²) in [5.74, 6) is -4.64. The second kappa shape index (κ2) is 11.0. The Hall–Kier alpha value is -2.64. The molecule has 0 aromatic heterocycles. The summed E-state index contributed by atoms with van der Waals surface area (Å²) in [6.07, 6.45) is -5.30. The number of carboxylic acid groups (broad SMARTS) is 2. The zero-order valence-electron chi connectivity index (χ0n) is 11.3. The molecule has 0 aromatic carbocycles. The molecule has 0 aromatic rings. The third-order valence-electron chi connectivity index (χ3n) is 1.76. The topological polar surface area (TPSA) is 179 Å². The minimum Gasteiger partial charge on any atom is -0.480 e. The summed E-state index contributed by atoms with van der Waals surface area (Å²) in [7, 11) is 0. The van der Waals surface area contributed by atoms with Crippen LogP contribution in [0.25, 0.3) is 0 Å². The molecule has 4 N–H and O–H groups in total. The SMILES string of the molecule is N[C@@H](CCC(=O)OCCO[N+](=O)[O-])C(=O)O.O=C(O)C(F)(F)F. The van der Waals surface area contributed by atoms with Crippen LogP contribution < -0.4 is 5.73 Å². The molecule has 0 rings (SSSR count). The lowest BCUT2D eigenvalue weighted by Gasteiger charge is -2.06. The average Bonchev–Trinajstić information content (AvgIpc) is 2.40. The first-order valence-corrected chi connectivity index (χ1v) is 5.59. The fourth-order valence-corrected chi connectivity index (χ4v) is 0.736. The van der Waals surface area contributed by atoms with Gasteiger partial charge in [-0.1, -0.05) is 0 Å². The summed E-state index contributed by atoms with van der Waals surface area (Å²) < 4.78 is 36.2. The number of halogens is 3. The van der Waals surface area contributed by atoms with Crippen LogP contribution in [0.15, 0.2) is 0 Å². The third-order valence-corrected chi connectivity index (χ3v) is 1.76. The van der Waals surface area contributed by atoms with Gasteiger partial charge in [0.05, 0.1) is 0 Å². The van der Waals surface area contributed by atoms with E-state index in [1.807, 2.05) is 0 Å². The van der Waals surface area contributed by atoms with Gasteiger partial charge in [-0.15, -0.1) is 10.1 Å². The third kappa shape index (κ3) is 15.6. The smallest absolute Gasteiger partial charge is 0.480 e. The number of carboxylic acids is 2. The quantitative estimate of drug-likeness (QED) is 0.225. The molecule has 0 fully saturated rings. The molecule has 11 nitrogen and oxygen atoms in total.